The molecule has 2 nitrogen and oxygen atoms in total. The van der Waals surface area contributed by atoms with Crippen molar-refractivity contribution in [2.24, 2.45) is 0 Å². The Morgan fingerprint density at radius 2 is 1.74 bits per heavy atom. The minimum absolute atomic E-state index is 0.166. The van der Waals surface area contributed by atoms with E-state index < -0.39 is 0 Å². The van der Waals surface area contributed by atoms with Crippen LogP contribution in [0, 0.1) is 5.82 Å². The van der Waals surface area contributed by atoms with Crippen molar-refractivity contribution < 1.29 is 4.39 Å². The van der Waals surface area contributed by atoms with Crippen LogP contribution in [0.15, 0.2) is 24.3 Å². The monoisotopic (exact) mass is 264 g/mol. The molecule has 1 aromatic carbocycles. The lowest BCUT2D eigenvalue weighted by atomic mass is 9.80. The Morgan fingerprint density at radius 1 is 1.11 bits per heavy atom. The van der Waals surface area contributed by atoms with Gasteiger partial charge in [-0.15, -0.1) is 0 Å². The quantitative estimate of drug-likeness (QED) is 0.878. The Kier molecular flexibility index (Phi) is 4.94. The van der Waals surface area contributed by atoms with E-state index in [0.29, 0.717) is 5.54 Å². The molecule has 1 saturated carbocycles. The van der Waals surface area contributed by atoms with Crippen LogP contribution in [-0.4, -0.2) is 31.1 Å². The van der Waals surface area contributed by atoms with Crippen molar-refractivity contribution in [3.63, 3.8) is 0 Å². The lowest BCUT2D eigenvalue weighted by molar-refractivity contribution is 0.0984. The van der Waals surface area contributed by atoms with E-state index in [0.717, 1.165) is 18.7 Å². The first-order chi connectivity index (χ1) is 9.12. The van der Waals surface area contributed by atoms with Crippen LogP contribution in [0.4, 0.5) is 4.39 Å². The SMILES string of the molecule is CN(C)C1(CNCc2ccc(F)cc2)CCCCC1. The number of benzene rings is 1. The van der Waals surface area contributed by atoms with Crippen LogP contribution >= 0.6 is 0 Å². The van der Waals surface area contributed by atoms with Crippen LogP contribution in [0.3, 0.4) is 0 Å². The van der Waals surface area contributed by atoms with Crippen molar-refractivity contribution in [3.05, 3.63) is 35.6 Å². The molecule has 0 amide bonds. The molecule has 1 aromatic rings. The molecule has 19 heavy (non-hydrogen) atoms. The molecule has 1 N–H and O–H groups in total. The van der Waals surface area contributed by atoms with E-state index in [1.165, 1.54) is 44.2 Å². The van der Waals surface area contributed by atoms with Gasteiger partial charge < -0.3 is 10.2 Å². The van der Waals surface area contributed by atoms with Crippen molar-refractivity contribution in [2.45, 2.75) is 44.2 Å². The molecule has 0 aliphatic heterocycles. The van der Waals surface area contributed by atoms with Gasteiger partial charge in [-0.1, -0.05) is 31.4 Å². The third-order valence-electron chi connectivity index (χ3n) is 4.43. The van der Waals surface area contributed by atoms with Crippen LogP contribution in [-0.2, 0) is 6.54 Å². The number of rotatable bonds is 5. The summed E-state index contributed by atoms with van der Waals surface area (Å²) in [7, 11) is 4.37. The van der Waals surface area contributed by atoms with E-state index in [2.05, 4.69) is 24.3 Å². The summed E-state index contributed by atoms with van der Waals surface area (Å²) >= 11 is 0. The summed E-state index contributed by atoms with van der Waals surface area (Å²) in [5, 5.41) is 3.55. The highest BCUT2D eigenvalue weighted by atomic mass is 19.1. The van der Waals surface area contributed by atoms with Crippen molar-refractivity contribution >= 4 is 0 Å². The average molecular weight is 264 g/mol. The van der Waals surface area contributed by atoms with E-state index in [9.17, 15) is 4.39 Å². The van der Waals surface area contributed by atoms with Gasteiger partial charge in [-0.25, -0.2) is 4.39 Å². The van der Waals surface area contributed by atoms with E-state index in [1.807, 2.05) is 12.1 Å². The molecule has 0 radical (unpaired) electrons. The van der Waals surface area contributed by atoms with Crippen LogP contribution < -0.4 is 5.32 Å². The van der Waals surface area contributed by atoms with E-state index in [-0.39, 0.29) is 5.82 Å². The van der Waals surface area contributed by atoms with Gasteiger partial charge in [0.1, 0.15) is 5.82 Å². The Morgan fingerprint density at radius 3 is 2.32 bits per heavy atom. The molecule has 1 fully saturated rings. The summed E-state index contributed by atoms with van der Waals surface area (Å²) < 4.78 is 12.8. The second-order valence-corrected chi connectivity index (χ2v) is 5.91. The highest BCUT2D eigenvalue weighted by Gasteiger charge is 2.33. The zero-order valence-electron chi connectivity index (χ0n) is 12.1. The number of nitrogens with one attached hydrogen (secondary N) is 1. The van der Waals surface area contributed by atoms with Crippen LogP contribution in [0.5, 0.6) is 0 Å². The number of likely N-dealkylation sites (N-methyl/N-ethyl adjacent to an activating group) is 1. The molecule has 0 aromatic heterocycles. The Hall–Kier alpha value is -0.930. The highest BCUT2D eigenvalue weighted by Crippen LogP contribution is 2.31. The maximum atomic E-state index is 12.8. The normalized spacial score (nSPS) is 18.7. The third kappa shape index (κ3) is 3.77. The van der Waals surface area contributed by atoms with Crippen molar-refractivity contribution in [1.29, 1.82) is 0 Å². The molecule has 0 heterocycles. The predicted octanol–water partition coefficient (Wildman–Crippen LogP) is 3.18. The van der Waals surface area contributed by atoms with E-state index in [1.54, 1.807) is 0 Å². The van der Waals surface area contributed by atoms with Gasteiger partial charge >= 0.3 is 0 Å². The van der Waals surface area contributed by atoms with Gasteiger partial charge in [0.05, 0.1) is 0 Å². The summed E-state index contributed by atoms with van der Waals surface area (Å²) in [4.78, 5) is 2.38. The number of halogens is 1. The Bertz CT molecular complexity index is 380. The summed E-state index contributed by atoms with van der Waals surface area (Å²) in [6, 6.07) is 6.76. The highest BCUT2D eigenvalue weighted by molar-refractivity contribution is 5.15. The molecule has 0 bridgehead atoms. The molecule has 1 aliphatic rings. The molecule has 1 aliphatic carbocycles. The lowest BCUT2D eigenvalue weighted by Gasteiger charge is -2.43. The van der Waals surface area contributed by atoms with Crippen LogP contribution in [0.25, 0.3) is 0 Å². The molecule has 0 atom stereocenters. The number of hydrogen-bond donors (Lipinski definition) is 1. The van der Waals surface area contributed by atoms with Gasteiger partial charge in [-0.2, -0.15) is 0 Å². The fourth-order valence-corrected chi connectivity index (χ4v) is 3.03. The third-order valence-corrected chi connectivity index (χ3v) is 4.43. The smallest absolute Gasteiger partial charge is 0.123 e. The topological polar surface area (TPSA) is 15.3 Å². The minimum atomic E-state index is -0.166. The van der Waals surface area contributed by atoms with Crippen LogP contribution in [0.2, 0.25) is 0 Å². The molecule has 0 spiro atoms. The van der Waals surface area contributed by atoms with Crippen molar-refractivity contribution in [3.8, 4) is 0 Å². The summed E-state index contributed by atoms with van der Waals surface area (Å²) in [6.45, 7) is 1.83. The van der Waals surface area contributed by atoms with Crippen molar-refractivity contribution in [1.82, 2.24) is 10.2 Å². The fraction of sp³-hybridized carbons (Fsp3) is 0.625. The van der Waals surface area contributed by atoms with Gasteiger partial charge in [-0.3, -0.25) is 0 Å². The number of hydrogen-bond acceptors (Lipinski definition) is 2. The number of nitrogens with zero attached hydrogens (tertiary/aromatic N) is 1. The maximum absolute atomic E-state index is 12.8. The predicted molar refractivity (Wildman–Crippen MR) is 77.6 cm³/mol. The summed E-state index contributed by atoms with van der Waals surface area (Å²) in [5.74, 6) is -0.166. The zero-order valence-corrected chi connectivity index (χ0v) is 12.1. The fourth-order valence-electron chi connectivity index (χ4n) is 3.03. The lowest BCUT2D eigenvalue weighted by Crippen LogP contribution is -2.52. The van der Waals surface area contributed by atoms with Gasteiger partial charge in [0.2, 0.25) is 0 Å². The molecule has 0 unspecified atom stereocenters. The minimum Gasteiger partial charge on any atom is -0.311 e. The molecular weight excluding hydrogens is 239 g/mol. The molecule has 0 saturated heterocycles. The molecule has 3 heteroatoms. The molecule has 106 valence electrons. The maximum Gasteiger partial charge on any atom is 0.123 e. The van der Waals surface area contributed by atoms with Gasteiger partial charge in [0, 0.05) is 18.6 Å². The van der Waals surface area contributed by atoms with E-state index >= 15 is 0 Å². The first-order valence-corrected chi connectivity index (χ1v) is 7.25. The Labute approximate surface area is 116 Å². The summed E-state index contributed by atoms with van der Waals surface area (Å²) in [5.41, 5.74) is 1.45. The standard InChI is InChI=1S/C16H25FN2/c1-19(2)16(10-4-3-5-11-16)13-18-12-14-6-8-15(17)9-7-14/h6-9,18H,3-5,10-13H2,1-2H3. The van der Waals surface area contributed by atoms with Gasteiger partial charge in [0.15, 0.2) is 0 Å². The second-order valence-electron chi connectivity index (χ2n) is 5.91. The first-order valence-electron chi connectivity index (χ1n) is 7.25. The summed E-state index contributed by atoms with van der Waals surface area (Å²) in [6.07, 6.45) is 6.58. The molecular formula is C16H25FN2. The average Bonchev–Trinajstić information content (AvgIpc) is 2.42. The first kappa shape index (κ1) is 14.5. The van der Waals surface area contributed by atoms with Crippen LogP contribution in [0.1, 0.15) is 37.7 Å². The second kappa shape index (κ2) is 6.49. The molecule has 2 rings (SSSR count). The zero-order chi connectivity index (χ0) is 13.7. The Balaban J connectivity index is 1.87. The van der Waals surface area contributed by atoms with Gasteiger partial charge in [-0.05, 0) is 44.6 Å². The van der Waals surface area contributed by atoms with Crippen molar-refractivity contribution in [2.75, 3.05) is 20.6 Å². The van der Waals surface area contributed by atoms with E-state index in [4.69, 9.17) is 0 Å². The van der Waals surface area contributed by atoms with Gasteiger partial charge in [0.25, 0.3) is 0 Å². The largest absolute Gasteiger partial charge is 0.311 e.